The molecule has 1 aromatic heterocycles. The maximum atomic E-state index is 13.3. The average molecular weight is 492 g/mol. The number of benzene rings is 3. The molecule has 7 nitrogen and oxygen atoms in total. The molecule has 3 aromatic carbocycles. The van der Waals surface area contributed by atoms with Crippen LogP contribution in [0.25, 0.3) is 10.8 Å². The number of nitrogens with one attached hydrogen (secondary N) is 2. The number of anilines is 3. The fourth-order valence-electron chi connectivity index (χ4n) is 4.13. The number of sulfonamides is 1. The van der Waals surface area contributed by atoms with Crippen LogP contribution in [-0.2, 0) is 21.2 Å². The van der Waals surface area contributed by atoms with Gasteiger partial charge in [-0.3, -0.25) is 14.3 Å². The molecule has 34 heavy (non-hydrogen) atoms. The summed E-state index contributed by atoms with van der Waals surface area (Å²) in [5.41, 5.74) is 2.82. The fraction of sp³-hybridized carbons (Fsp3) is 0.120. The van der Waals surface area contributed by atoms with Gasteiger partial charge < -0.3 is 10.2 Å². The molecular formula is C25H21N3O4S2. The smallest absolute Gasteiger partial charge is 0.271 e. The minimum atomic E-state index is -3.84. The maximum Gasteiger partial charge on any atom is 0.271 e. The minimum Gasteiger partial charge on any atom is -0.322 e. The Morgan fingerprint density at radius 2 is 1.74 bits per heavy atom. The summed E-state index contributed by atoms with van der Waals surface area (Å²) >= 11 is 1.10. The largest absolute Gasteiger partial charge is 0.322 e. The highest BCUT2D eigenvalue weighted by Gasteiger charge is 2.24. The Morgan fingerprint density at radius 3 is 2.44 bits per heavy atom. The van der Waals surface area contributed by atoms with Gasteiger partial charge in [0.1, 0.15) is 4.21 Å². The first kappa shape index (κ1) is 22.1. The molecule has 2 N–H and O–H groups in total. The second-order valence-electron chi connectivity index (χ2n) is 8.00. The Kier molecular flexibility index (Phi) is 5.59. The number of carbonyl (C=O) groups is 2. The zero-order valence-electron chi connectivity index (χ0n) is 18.2. The molecule has 4 aromatic rings. The monoisotopic (exact) mass is 491 g/mol. The van der Waals surface area contributed by atoms with Crippen LogP contribution in [0.15, 0.2) is 76.3 Å². The molecule has 2 amide bonds. The lowest BCUT2D eigenvalue weighted by molar-refractivity contribution is -0.116. The molecule has 2 heterocycles. The third kappa shape index (κ3) is 4.15. The second-order valence-corrected chi connectivity index (χ2v) is 10.9. The Morgan fingerprint density at radius 1 is 0.971 bits per heavy atom. The van der Waals surface area contributed by atoms with E-state index in [4.69, 9.17) is 0 Å². The van der Waals surface area contributed by atoms with Gasteiger partial charge in [0, 0.05) is 24.8 Å². The van der Waals surface area contributed by atoms with Gasteiger partial charge in [-0.15, -0.1) is 11.3 Å². The van der Waals surface area contributed by atoms with Crippen molar-refractivity contribution in [2.45, 2.75) is 17.6 Å². The van der Waals surface area contributed by atoms with Gasteiger partial charge in [0.05, 0.1) is 11.3 Å². The quantitative estimate of drug-likeness (QED) is 0.417. The van der Waals surface area contributed by atoms with Gasteiger partial charge in [-0.05, 0) is 64.5 Å². The molecular weight excluding hydrogens is 470 g/mol. The molecule has 9 heteroatoms. The number of hydrogen-bond donors (Lipinski definition) is 2. The van der Waals surface area contributed by atoms with E-state index in [9.17, 15) is 18.0 Å². The summed E-state index contributed by atoms with van der Waals surface area (Å²) in [4.78, 5) is 26.8. The van der Waals surface area contributed by atoms with E-state index in [1.54, 1.807) is 34.5 Å². The van der Waals surface area contributed by atoms with Crippen molar-refractivity contribution in [3.63, 3.8) is 0 Å². The molecule has 0 aliphatic carbocycles. The lowest BCUT2D eigenvalue weighted by atomic mass is 10.0. The lowest BCUT2D eigenvalue weighted by Gasteiger charge is -2.16. The molecule has 5 rings (SSSR count). The summed E-state index contributed by atoms with van der Waals surface area (Å²) in [6.45, 7) is 2.14. The molecule has 0 unspecified atom stereocenters. The first-order valence-corrected chi connectivity index (χ1v) is 13.0. The van der Waals surface area contributed by atoms with Gasteiger partial charge >= 0.3 is 0 Å². The van der Waals surface area contributed by atoms with Gasteiger partial charge in [-0.1, -0.05) is 30.3 Å². The summed E-state index contributed by atoms with van der Waals surface area (Å²) in [7, 11) is -3.84. The third-order valence-corrected chi connectivity index (χ3v) is 8.51. The molecule has 0 fully saturated rings. The summed E-state index contributed by atoms with van der Waals surface area (Å²) in [5.74, 6) is -0.453. The van der Waals surface area contributed by atoms with E-state index in [1.165, 1.54) is 13.0 Å². The minimum absolute atomic E-state index is 0.0191. The molecule has 1 aliphatic heterocycles. The van der Waals surface area contributed by atoms with Crippen LogP contribution in [0.2, 0.25) is 0 Å². The van der Waals surface area contributed by atoms with Gasteiger partial charge in [0.25, 0.3) is 15.9 Å². The van der Waals surface area contributed by atoms with Crippen molar-refractivity contribution in [2.24, 2.45) is 0 Å². The van der Waals surface area contributed by atoms with E-state index in [2.05, 4.69) is 10.0 Å². The Hall–Kier alpha value is -3.69. The summed E-state index contributed by atoms with van der Waals surface area (Å²) in [6, 6.07) is 19.4. The van der Waals surface area contributed by atoms with Crippen molar-refractivity contribution in [1.29, 1.82) is 0 Å². The van der Waals surface area contributed by atoms with E-state index >= 15 is 0 Å². The number of amides is 2. The summed E-state index contributed by atoms with van der Waals surface area (Å²) in [6.07, 6.45) is 0.709. The Bertz CT molecular complexity index is 1530. The van der Waals surface area contributed by atoms with Crippen molar-refractivity contribution >= 4 is 61.0 Å². The lowest BCUT2D eigenvalue weighted by Crippen LogP contribution is -2.25. The number of rotatable bonds is 5. The first-order valence-electron chi connectivity index (χ1n) is 10.6. The average Bonchev–Trinajstić information content (AvgIpc) is 3.49. The maximum absolute atomic E-state index is 13.3. The van der Waals surface area contributed by atoms with Crippen molar-refractivity contribution in [1.82, 2.24) is 0 Å². The summed E-state index contributed by atoms with van der Waals surface area (Å²) < 4.78 is 28.5. The van der Waals surface area contributed by atoms with E-state index in [-0.39, 0.29) is 21.4 Å². The van der Waals surface area contributed by atoms with E-state index < -0.39 is 15.9 Å². The number of thiophene rings is 1. The van der Waals surface area contributed by atoms with Gasteiger partial charge in [-0.25, -0.2) is 8.42 Å². The fourth-order valence-corrected chi connectivity index (χ4v) is 6.19. The van der Waals surface area contributed by atoms with E-state index in [1.807, 2.05) is 36.4 Å². The van der Waals surface area contributed by atoms with Gasteiger partial charge in [0.2, 0.25) is 5.91 Å². The van der Waals surface area contributed by atoms with Crippen molar-refractivity contribution in [3.8, 4) is 0 Å². The van der Waals surface area contributed by atoms with E-state index in [0.29, 0.717) is 18.7 Å². The van der Waals surface area contributed by atoms with Crippen LogP contribution in [0.5, 0.6) is 0 Å². The Balaban J connectivity index is 1.49. The van der Waals surface area contributed by atoms with Crippen LogP contribution >= 0.6 is 11.3 Å². The van der Waals surface area contributed by atoms with Crippen LogP contribution in [0.1, 0.15) is 22.8 Å². The molecule has 0 saturated heterocycles. The van der Waals surface area contributed by atoms with Crippen molar-refractivity contribution in [3.05, 3.63) is 83.2 Å². The molecule has 0 saturated carbocycles. The Labute approximate surface area is 201 Å². The first-order chi connectivity index (χ1) is 16.3. The molecule has 0 spiro atoms. The van der Waals surface area contributed by atoms with Crippen LogP contribution in [0.3, 0.4) is 0 Å². The van der Waals surface area contributed by atoms with Crippen LogP contribution in [-0.4, -0.2) is 26.8 Å². The number of hydrogen-bond acceptors (Lipinski definition) is 5. The molecule has 0 bridgehead atoms. The zero-order chi connectivity index (χ0) is 23.9. The van der Waals surface area contributed by atoms with Crippen molar-refractivity contribution < 1.29 is 18.0 Å². The molecule has 1 aliphatic rings. The highest BCUT2D eigenvalue weighted by Crippen LogP contribution is 2.32. The van der Waals surface area contributed by atoms with Crippen LogP contribution in [0.4, 0.5) is 17.1 Å². The second kappa shape index (κ2) is 8.58. The standard InChI is InChI=1S/C25H21N3O4S2/c1-16(29)28-11-10-19-13-20(8-9-23(19)28)26-25(30)21-14-17-5-2-3-6-18(17)15-22(21)27-34(31,32)24-7-4-12-33-24/h2-9,12-15,27H,10-11H2,1H3,(H,26,30). The van der Waals surface area contributed by atoms with Crippen LogP contribution in [0, 0.1) is 0 Å². The third-order valence-electron chi connectivity index (χ3n) is 5.75. The van der Waals surface area contributed by atoms with E-state index in [0.717, 1.165) is 33.4 Å². The van der Waals surface area contributed by atoms with Gasteiger partial charge in [0.15, 0.2) is 0 Å². The number of carbonyl (C=O) groups excluding carboxylic acids is 2. The molecule has 0 atom stereocenters. The van der Waals surface area contributed by atoms with Crippen molar-refractivity contribution in [2.75, 3.05) is 21.5 Å². The topological polar surface area (TPSA) is 95.6 Å². The zero-order valence-corrected chi connectivity index (χ0v) is 19.9. The number of nitrogens with zero attached hydrogens (tertiary/aromatic N) is 1. The summed E-state index contributed by atoms with van der Waals surface area (Å²) in [5, 5.41) is 6.19. The SMILES string of the molecule is CC(=O)N1CCc2cc(NC(=O)c3cc4ccccc4cc3NS(=O)(=O)c3cccs3)ccc21. The predicted molar refractivity (Wildman–Crippen MR) is 135 cm³/mol. The molecule has 0 radical (unpaired) electrons. The predicted octanol–water partition coefficient (Wildman–Crippen LogP) is 4.86. The highest BCUT2D eigenvalue weighted by atomic mass is 32.2. The highest BCUT2D eigenvalue weighted by molar-refractivity contribution is 7.94. The molecule has 172 valence electrons. The van der Waals surface area contributed by atoms with Crippen LogP contribution < -0.4 is 14.9 Å². The van der Waals surface area contributed by atoms with Gasteiger partial charge in [-0.2, -0.15) is 0 Å². The normalized spacial score (nSPS) is 13.0. The number of fused-ring (bicyclic) bond motifs is 2.